The van der Waals surface area contributed by atoms with E-state index >= 15 is 0 Å². The second-order valence-corrected chi connectivity index (χ2v) is 10.5. The summed E-state index contributed by atoms with van der Waals surface area (Å²) in [6.07, 6.45) is 8.12. The molecule has 4 aliphatic heterocycles. The Hall–Kier alpha value is -0.580. The van der Waals surface area contributed by atoms with Gasteiger partial charge in [0, 0.05) is 36.1 Å². The van der Waals surface area contributed by atoms with Gasteiger partial charge in [0.1, 0.15) is 0 Å². The minimum absolute atomic E-state index is 0.708. The van der Waals surface area contributed by atoms with E-state index in [4.69, 9.17) is 12.2 Å². The SMILES string of the molecule is S=C1CC(SCc2ccccc2)C[C@@H]2C3CCCN4CCCC(CN12)C34. The summed E-state index contributed by atoms with van der Waals surface area (Å²) >= 11 is 8.10. The highest BCUT2D eigenvalue weighted by Crippen LogP contribution is 2.46. The molecule has 5 rings (SSSR count). The second kappa shape index (κ2) is 7.44. The van der Waals surface area contributed by atoms with Gasteiger partial charge in [-0.2, -0.15) is 11.8 Å². The number of hydrogen-bond donors (Lipinski definition) is 0. The lowest BCUT2D eigenvalue weighted by atomic mass is 9.68. The molecule has 0 aromatic heterocycles. The molecule has 0 N–H and O–H groups in total. The van der Waals surface area contributed by atoms with Crippen LogP contribution in [-0.2, 0) is 5.75 Å². The van der Waals surface area contributed by atoms with Crippen molar-refractivity contribution in [1.29, 1.82) is 0 Å². The van der Waals surface area contributed by atoms with E-state index in [1.807, 2.05) is 0 Å². The Bertz CT molecular complexity index is 647. The summed E-state index contributed by atoms with van der Waals surface area (Å²) in [5.74, 6) is 2.86. The molecule has 1 aromatic carbocycles. The maximum atomic E-state index is 5.95. The summed E-state index contributed by atoms with van der Waals surface area (Å²) in [5.41, 5.74) is 1.45. The van der Waals surface area contributed by atoms with Crippen LogP contribution >= 0.6 is 24.0 Å². The maximum Gasteiger partial charge on any atom is 0.0793 e. The van der Waals surface area contributed by atoms with Crippen molar-refractivity contribution in [2.45, 2.75) is 61.6 Å². The van der Waals surface area contributed by atoms with Gasteiger partial charge in [0.2, 0.25) is 0 Å². The van der Waals surface area contributed by atoms with Crippen LogP contribution in [0.2, 0.25) is 0 Å². The van der Waals surface area contributed by atoms with E-state index in [2.05, 4.69) is 51.9 Å². The van der Waals surface area contributed by atoms with Crippen molar-refractivity contribution in [1.82, 2.24) is 9.80 Å². The van der Waals surface area contributed by atoms with E-state index in [-0.39, 0.29) is 0 Å². The molecule has 0 spiro atoms. The topological polar surface area (TPSA) is 6.48 Å². The average molecular weight is 387 g/mol. The van der Waals surface area contributed by atoms with Gasteiger partial charge in [0.05, 0.1) is 4.99 Å². The smallest absolute Gasteiger partial charge is 0.0793 e. The Labute approximate surface area is 167 Å². The molecule has 4 heterocycles. The molecule has 0 bridgehead atoms. The monoisotopic (exact) mass is 386 g/mol. The van der Waals surface area contributed by atoms with Crippen LogP contribution < -0.4 is 0 Å². The molecule has 4 fully saturated rings. The van der Waals surface area contributed by atoms with Crippen LogP contribution in [0, 0.1) is 11.8 Å². The molecule has 0 saturated carbocycles. The predicted molar refractivity (Wildman–Crippen MR) is 115 cm³/mol. The first kappa shape index (κ1) is 17.5. The third kappa shape index (κ3) is 3.22. The van der Waals surface area contributed by atoms with Gasteiger partial charge in [-0.3, -0.25) is 4.90 Å². The first-order valence-electron chi connectivity index (χ1n) is 10.5. The van der Waals surface area contributed by atoms with Gasteiger partial charge in [-0.15, -0.1) is 0 Å². The number of fused-ring (bicyclic) bond motifs is 2. The van der Waals surface area contributed by atoms with Gasteiger partial charge in [0.15, 0.2) is 0 Å². The van der Waals surface area contributed by atoms with Crippen molar-refractivity contribution < 1.29 is 0 Å². The van der Waals surface area contributed by atoms with E-state index in [1.54, 1.807) is 0 Å². The molecule has 5 atom stereocenters. The Morgan fingerprint density at radius 3 is 2.73 bits per heavy atom. The molecule has 140 valence electrons. The second-order valence-electron chi connectivity index (χ2n) is 8.71. The Balaban J connectivity index is 1.31. The normalized spacial score (nSPS) is 37.2. The van der Waals surface area contributed by atoms with Gasteiger partial charge in [-0.25, -0.2) is 0 Å². The van der Waals surface area contributed by atoms with Crippen LogP contribution in [0.5, 0.6) is 0 Å². The van der Waals surface area contributed by atoms with Crippen LogP contribution in [0.25, 0.3) is 0 Å². The molecular weight excluding hydrogens is 356 g/mol. The van der Waals surface area contributed by atoms with Crippen molar-refractivity contribution >= 4 is 29.0 Å². The Morgan fingerprint density at radius 1 is 1.08 bits per heavy atom. The van der Waals surface area contributed by atoms with Gasteiger partial charge in [-0.1, -0.05) is 42.5 Å². The highest BCUT2D eigenvalue weighted by atomic mass is 32.2. The molecule has 0 amide bonds. The molecule has 1 aromatic rings. The average Bonchev–Trinajstić information content (AvgIpc) is 2.68. The number of piperidine rings is 4. The lowest BCUT2D eigenvalue weighted by molar-refractivity contribution is -0.0590. The van der Waals surface area contributed by atoms with Gasteiger partial charge >= 0.3 is 0 Å². The summed E-state index contributed by atoms with van der Waals surface area (Å²) in [5, 5.41) is 0.708. The van der Waals surface area contributed by atoms with Crippen molar-refractivity contribution in [3.05, 3.63) is 35.9 Å². The number of rotatable bonds is 3. The molecule has 4 aliphatic rings. The summed E-state index contributed by atoms with van der Waals surface area (Å²) < 4.78 is 0. The molecule has 26 heavy (non-hydrogen) atoms. The molecular formula is C22H30N2S2. The van der Waals surface area contributed by atoms with Crippen molar-refractivity contribution in [3.8, 4) is 0 Å². The van der Waals surface area contributed by atoms with E-state index in [1.165, 1.54) is 62.3 Å². The van der Waals surface area contributed by atoms with Crippen LogP contribution in [-0.4, -0.2) is 51.8 Å². The largest absolute Gasteiger partial charge is 0.362 e. The number of benzene rings is 1. The third-order valence-corrected chi connectivity index (χ3v) is 8.96. The van der Waals surface area contributed by atoms with E-state index in [9.17, 15) is 0 Å². The first-order chi connectivity index (χ1) is 12.8. The van der Waals surface area contributed by atoms with Crippen molar-refractivity contribution in [3.63, 3.8) is 0 Å². The first-order valence-corrected chi connectivity index (χ1v) is 11.9. The van der Waals surface area contributed by atoms with Crippen LogP contribution in [0.1, 0.15) is 44.1 Å². The fraction of sp³-hybridized carbons (Fsp3) is 0.682. The number of hydrogen-bond acceptors (Lipinski definition) is 3. The zero-order chi connectivity index (χ0) is 17.5. The fourth-order valence-corrected chi connectivity index (χ4v) is 7.91. The molecule has 4 heteroatoms. The van der Waals surface area contributed by atoms with Crippen LogP contribution in [0.3, 0.4) is 0 Å². The quantitative estimate of drug-likeness (QED) is 0.701. The number of nitrogens with zero attached hydrogens (tertiary/aromatic N) is 2. The Morgan fingerprint density at radius 2 is 1.88 bits per heavy atom. The van der Waals surface area contributed by atoms with E-state index in [0.29, 0.717) is 11.3 Å². The van der Waals surface area contributed by atoms with E-state index < -0.39 is 0 Å². The molecule has 4 saturated heterocycles. The zero-order valence-electron chi connectivity index (χ0n) is 15.6. The summed E-state index contributed by atoms with van der Waals surface area (Å²) in [6, 6.07) is 12.5. The number of thiocarbonyl (C=S) groups is 1. The minimum Gasteiger partial charge on any atom is -0.362 e. The highest BCUT2D eigenvalue weighted by molar-refractivity contribution is 7.99. The van der Waals surface area contributed by atoms with Crippen molar-refractivity contribution in [2.24, 2.45) is 11.8 Å². The fourth-order valence-electron chi connectivity index (χ4n) is 6.16. The van der Waals surface area contributed by atoms with Gasteiger partial charge in [0.25, 0.3) is 0 Å². The molecule has 0 aliphatic carbocycles. The summed E-state index contributed by atoms with van der Waals surface area (Å²) in [7, 11) is 0. The van der Waals surface area contributed by atoms with Gasteiger partial charge < -0.3 is 4.90 Å². The molecule has 4 unspecified atom stereocenters. The predicted octanol–water partition coefficient (Wildman–Crippen LogP) is 4.58. The minimum atomic E-state index is 0.708. The van der Waals surface area contributed by atoms with Crippen LogP contribution in [0.4, 0.5) is 0 Å². The zero-order valence-corrected chi connectivity index (χ0v) is 17.2. The third-order valence-electron chi connectivity index (χ3n) is 7.23. The van der Waals surface area contributed by atoms with Gasteiger partial charge in [-0.05, 0) is 62.6 Å². The van der Waals surface area contributed by atoms with Crippen LogP contribution in [0.15, 0.2) is 30.3 Å². The standard InChI is InChI=1S/C22H30N2S2/c25-21-13-18(26-15-16-6-2-1-3-7-16)12-20-19-9-5-11-23-10-4-8-17(22(19)23)14-24(20)21/h1-3,6-7,17-20,22H,4-5,8-15H2/t17?,18?,19?,20-,22?/m1/s1. The lowest BCUT2D eigenvalue weighted by Crippen LogP contribution is -2.67. The highest BCUT2D eigenvalue weighted by Gasteiger charge is 2.50. The Kier molecular flexibility index (Phi) is 5.01. The maximum absolute atomic E-state index is 5.95. The summed E-state index contributed by atoms with van der Waals surface area (Å²) in [6.45, 7) is 3.94. The summed E-state index contributed by atoms with van der Waals surface area (Å²) in [4.78, 5) is 6.81. The molecule has 0 radical (unpaired) electrons. The molecule has 2 nitrogen and oxygen atoms in total. The van der Waals surface area contributed by atoms with E-state index in [0.717, 1.165) is 30.1 Å². The number of thioether (sulfide) groups is 1. The lowest BCUT2D eigenvalue weighted by Gasteiger charge is -2.60. The van der Waals surface area contributed by atoms with Crippen molar-refractivity contribution in [2.75, 3.05) is 19.6 Å².